The molecule has 1 fully saturated rings. The van der Waals surface area contributed by atoms with Crippen molar-refractivity contribution >= 4 is 0 Å². The SMILES string of the molecule is CC(C)CCCN(C)CC1(CO)COC1. The third kappa shape index (κ3) is 4.09. The molecule has 0 saturated carbocycles. The van der Waals surface area contributed by atoms with Crippen molar-refractivity contribution in [2.24, 2.45) is 11.3 Å². The van der Waals surface area contributed by atoms with E-state index in [4.69, 9.17) is 4.74 Å². The van der Waals surface area contributed by atoms with Crippen molar-refractivity contribution in [3.63, 3.8) is 0 Å². The third-order valence-electron chi connectivity index (χ3n) is 3.08. The van der Waals surface area contributed by atoms with Crippen LogP contribution in [0.3, 0.4) is 0 Å². The maximum Gasteiger partial charge on any atom is 0.0579 e. The zero-order valence-corrected chi connectivity index (χ0v) is 10.3. The minimum absolute atomic E-state index is 0.0343. The second kappa shape index (κ2) is 5.83. The maximum absolute atomic E-state index is 9.29. The van der Waals surface area contributed by atoms with Gasteiger partial charge < -0.3 is 14.7 Å². The molecule has 1 saturated heterocycles. The summed E-state index contributed by atoms with van der Waals surface area (Å²) in [6.07, 6.45) is 2.53. The fraction of sp³-hybridized carbons (Fsp3) is 1.00. The number of aliphatic hydroxyl groups is 1. The lowest BCUT2D eigenvalue weighted by atomic mass is 9.86. The molecule has 90 valence electrons. The molecule has 0 bridgehead atoms. The summed E-state index contributed by atoms with van der Waals surface area (Å²) in [7, 11) is 2.13. The predicted octanol–water partition coefficient (Wildman–Crippen LogP) is 1.36. The highest BCUT2D eigenvalue weighted by molar-refractivity contribution is 4.87. The fourth-order valence-electron chi connectivity index (χ4n) is 2.04. The first-order chi connectivity index (χ1) is 7.08. The number of hydrogen-bond donors (Lipinski definition) is 1. The van der Waals surface area contributed by atoms with Gasteiger partial charge in [-0.2, -0.15) is 0 Å². The maximum atomic E-state index is 9.29. The van der Waals surface area contributed by atoms with Crippen LogP contribution in [0.15, 0.2) is 0 Å². The van der Waals surface area contributed by atoms with Gasteiger partial charge in [-0.25, -0.2) is 0 Å². The van der Waals surface area contributed by atoms with Gasteiger partial charge in [-0.15, -0.1) is 0 Å². The van der Waals surface area contributed by atoms with Gasteiger partial charge in [0.1, 0.15) is 0 Å². The lowest BCUT2D eigenvalue weighted by Gasteiger charge is -2.42. The lowest BCUT2D eigenvalue weighted by molar-refractivity contribution is -0.146. The molecule has 15 heavy (non-hydrogen) atoms. The molecule has 0 radical (unpaired) electrons. The van der Waals surface area contributed by atoms with Crippen molar-refractivity contribution in [2.45, 2.75) is 26.7 Å². The molecule has 1 rings (SSSR count). The van der Waals surface area contributed by atoms with E-state index >= 15 is 0 Å². The zero-order chi connectivity index (χ0) is 11.3. The van der Waals surface area contributed by atoms with E-state index in [2.05, 4.69) is 25.8 Å². The smallest absolute Gasteiger partial charge is 0.0579 e. The number of nitrogens with zero attached hydrogens (tertiary/aromatic N) is 1. The van der Waals surface area contributed by atoms with E-state index in [9.17, 15) is 5.11 Å². The molecular formula is C12H25NO2. The summed E-state index contributed by atoms with van der Waals surface area (Å²) in [5.74, 6) is 0.789. The summed E-state index contributed by atoms with van der Waals surface area (Å²) in [5, 5.41) is 9.29. The summed E-state index contributed by atoms with van der Waals surface area (Å²) in [6, 6.07) is 0. The molecule has 3 heteroatoms. The summed E-state index contributed by atoms with van der Waals surface area (Å²) >= 11 is 0. The number of rotatable bonds is 7. The first-order valence-corrected chi connectivity index (χ1v) is 5.95. The Morgan fingerprint density at radius 2 is 2.07 bits per heavy atom. The van der Waals surface area contributed by atoms with Crippen LogP contribution in [0.25, 0.3) is 0 Å². The summed E-state index contributed by atoms with van der Waals surface area (Å²) in [5.41, 5.74) is 0.0343. The Labute approximate surface area is 93.4 Å². The molecule has 1 aliphatic rings. The van der Waals surface area contributed by atoms with Crippen LogP contribution in [0, 0.1) is 11.3 Å². The zero-order valence-electron chi connectivity index (χ0n) is 10.3. The second-order valence-electron chi connectivity index (χ2n) is 5.42. The van der Waals surface area contributed by atoms with Gasteiger partial charge in [-0.1, -0.05) is 13.8 Å². The quantitative estimate of drug-likeness (QED) is 0.696. The van der Waals surface area contributed by atoms with Crippen molar-refractivity contribution < 1.29 is 9.84 Å². The summed E-state index contributed by atoms with van der Waals surface area (Å²) in [4.78, 5) is 2.32. The molecule has 0 atom stereocenters. The van der Waals surface area contributed by atoms with E-state index in [-0.39, 0.29) is 12.0 Å². The van der Waals surface area contributed by atoms with Gasteiger partial charge in [0.25, 0.3) is 0 Å². The van der Waals surface area contributed by atoms with Crippen molar-refractivity contribution in [3.8, 4) is 0 Å². The Morgan fingerprint density at radius 1 is 1.40 bits per heavy atom. The first kappa shape index (κ1) is 12.9. The van der Waals surface area contributed by atoms with Gasteiger partial charge in [0.15, 0.2) is 0 Å². The number of aliphatic hydroxyl groups excluding tert-OH is 1. The van der Waals surface area contributed by atoms with Crippen LogP contribution >= 0.6 is 0 Å². The van der Waals surface area contributed by atoms with Crippen LogP contribution in [0.2, 0.25) is 0 Å². The van der Waals surface area contributed by atoms with Crippen LogP contribution in [0.1, 0.15) is 26.7 Å². The number of hydrogen-bond acceptors (Lipinski definition) is 3. The normalized spacial score (nSPS) is 19.6. The van der Waals surface area contributed by atoms with E-state index in [0.717, 1.165) is 32.2 Å². The standard InChI is InChI=1S/C12H25NO2/c1-11(2)5-4-6-13(3)7-12(8-14)9-15-10-12/h11,14H,4-10H2,1-3H3. The highest BCUT2D eigenvalue weighted by atomic mass is 16.5. The molecule has 0 aromatic rings. The minimum Gasteiger partial charge on any atom is -0.396 e. The lowest BCUT2D eigenvalue weighted by Crippen LogP contribution is -2.52. The number of ether oxygens (including phenoxy) is 1. The molecule has 0 aromatic heterocycles. The second-order valence-corrected chi connectivity index (χ2v) is 5.42. The largest absolute Gasteiger partial charge is 0.396 e. The average molecular weight is 215 g/mol. The van der Waals surface area contributed by atoms with Gasteiger partial charge in [0, 0.05) is 6.54 Å². The summed E-state index contributed by atoms with van der Waals surface area (Å²) < 4.78 is 5.19. The van der Waals surface area contributed by atoms with E-state index in [0.29, 0.717) is 0 Å². The van der Waals surface area contributed by atoms with E-state index in [1.54, 1.807) is 0 Å². The van der Waals surface area contributed by atoms with E-state index < -0.39 is 0 Å². The van der Waals surface area contributed by atoms with Crippen molar-refractivity contribution in [1.82, 2.24) is 4.90 Å². The van der Waals surface area contributed by atoms with Crippen LogP contribution in [-0.2, 0) is 4.74 Å². The Balaban J connectivity index is 2.14. The van der Waals surface area contributed by atoms with Crippen molar-refractivity contribution in [1.29, 1.82) is 0 Å². The Kier molecular flexibility index (Phi) is 5.03. The molecule has 0 spiro atoms. The Hall–Kier alpha value is -0.120. The van der Waals surface area contributed by atoms with Gasteiger partial charge >= 0.3 is 0 Å². The minimum atomic E-state index is 0.0343. The van der Waals surface area contributed by atoms with Crippen LogP contribution in [-0.4, -0.2) is 50.0 Å². The average Bonchev–Trinajstić information content (AvgIpc) is 2.11. The molecule has 1 N–H and O–H groups in total. The van der Waals surface area contributed by atoms with E-state index in [1.165, 1.54) is 12.8 Å². The molecule has 1 heterocycles. The molecule has 0 aliphatic carbocycles. The van der Waals surface area contributed by atoms with Crippen LogP contribution in [0.4, 0.5) is 0 Å². The van der Waals surface area contributed by atoms with Gasteiger partial charge in [-0.3, -0.25) is 0 Å². The van der Waals surface area contributed by atoms with Gasteiger partial charge in [0.05, 0.1) is 25.2 Å². The van der Waals surface area contributed by atoms with Crippen LogP contribution in [0.5, 0.6) is 0 Å². The molecule has 0 amide bonds. The topological polar surface area (TPSA) is 32.7 Å². The fourth-order valence-corrected chi connectivity index (χ4v) is 2.04. The predicted molar refractivity (Wildman–Crippen MR) is 61.9 cm³/mol. The van der Waals surface area contributed by atoms with Crippen molar-refractivity contribution in [2.75, 3.05) is 40.0 Å². The molecule has 3 nitrogen and oxygen atoms in total. The third-order valence-corrected chi connectivity index (χ3v) is 3.08. The van der Waals surface area contributed by atoms with Crippen molar-refractivity contribution in [3.05, 3.63) is 0 Å². The molecule has 0 unspecified atom stereocenters. The highest BCUT2D eigenvalue weighted by Gasteiger charge is 2.38. The molecule has 0 aromatic carbocycles. The van der Waals surface area contributed by atoms with Gasteiger partial charge in [0.2, 0.25) is 0 Å². The Morgan fingerprint density at radius 3 is 2.47 bits per heavy atom. The van der Waals surface area contributed by atoms with Crippen LogP contribution < -0.4 is 0 Å². The monoisotopic (exact) mass is 215 g/mol. The Bertz CT molecular complexity index is 173. The highest BCUT2D eigenvalue weighted by Crippen LogP contribution is 2.27. The van der Waals surface area contributed by atoms with Gasteiger partial charge in [-0.05, 0) is 32.4 Å². The first-order valence-electron chi connectivity index (χ1n) is 5.95. The molecular weight excluding hydrogens is 190 g/mol. The van der Waals surface area contributed by atoms with E-state index in [1.807, 2.05) is 0 Å². The molecule has 1 aliphatic heterocycles. The summed E-state index contributed by atoms with van der Waals surface area (Å²) in [6.45, 7) is 8.29.